The Morgan fingerprint density at radius 1 is 1.10 bits per heavy atom. The Morgan fingerprint density at radius 2 is 1.81 bits per heavy atom. The number of oxime groups is 1. The highest BCUT2D eigenvalue weighted by Crippen LogP contribution is 2.37. The molecule has 0 N–H and O–H groups in total. The number of alkyl halides is 3. The fraction of sp³-hybridized carbons (Fsp3) is 0.188. The van der Waals surface area contributed by atoms with Crippen molar-refractivity contribution in [2.45, 2.75) is 19.7 Å². The fourth-order valence-corrected chi connectivity index (χ4v) is 1.97. The summed E-state index contributed by atoms with van der Waals surface area (Å²) in [6.07, 6.45) is -2.99. The molecule has 0 unspecified atom stereocenters. The van der Waals surface area contributed by atoms with E-state index in [-0.39, 0.29) is 12.2 Å². The highest BCUT2D eigenvalue weighted by atomic mass is 19.4. The van der Waals surface area contributed by atoms with Gasteiger partial charge in [-0.05, 0) is 29.7 Å². The number of hydrogen-bond donors (Lipinski definition) is 0. The Bertz CT molecular complexity index is 621. The summed E-state index contributed by atoms with van der Waals surface area (Å²) in [6.45, 7) is 1.67. The first-order valence-corrected chi connectivity index (χ1v) is 6.38. The number of halogens is 3. The Morgan fingerprint density at radius 3 is 2.43 bits per heavy atom. The van der Waals surface area contributed by atoms with Crippen LogP contribution in [0.4, 0.5) is 13.2 Å². The zero-order valence-electron chi connectivity index (χ0n) is 11.4. The molecule has 2 nitrogen and oxygen atoms in total. The van der Waals surface area contributed by atoms with E-state index in [1.54, 1.807) is 43.3 Å². The number of benzene rings is 2. The molecule has 0 aliphatic rings. The molecule has 0 saturated carbocycles. The van der Waals surface area contributed by atoms with Crippen LogP contribution in [0.5, 0.6) is 0 Å². The summed E-state index contributed by atoms with van der Waals surface area (Å²) in [5.41, 5.74) is 0.442. The summed E-state index contributed by atoms with van der Waals surface area (Å²) in [6, 6.07) is 12.7. The Labute approximate surface area is 120 Å². The summed E-state index contributed by atoms with van der Waals surface area (Å²) >= 11 is 0. The molecule has 0 atom stereocenters. The average molecular weight is 293 g/mol. The number of nitrogens with zero attached hydrogens (tertiary/aromatic N) is 1. The largest absolute Gasteiger partial charge is 0.417 e. The van der Waals surface area contributed by atoms with E-state index in [1.165, 1.54) is 12.3 Å². The van der Waals surface area contributed by atoms with Crippen molar-refractivity contribution in [3.63, 3.8) is 0 Å². The van der Waals surface area contributed by atoms with Crippen molar-refractivity contribution in [1.29, 1.82) is 0 Å². The van der Waals surface area contributed by atoms with E-state index in [1.807, 2.05) is 0 Å². The lowest BCUT2D eigenvalue weighted by atomic mass is 9.97. The van der Waals surface area contributed by atoms with E-state index in [0.29, 0.717) is 11.1 Å². The van der Waals surface area contributed by atoms with Gasteiger partial charge in [-0.2, -0.15) is 13.2 Å². The van der Waals surface area contributed by atoms with Crippen LogP contribution in [0.25, 0.3) is 11.1 Å². The summed E-state index contributed by atoms with van der Waals surface area (Å²) in [5, 5.41) is 3.53. The van der Waals surface area contributed by atoms with E-state index < -0.39 is 11.7 Å². The molecule has 2 rings (SSSR count). The molecule has 0 saturated heterocycles. The molecule has 2 aromatic carbocycles. The van der Waals surface area contributed by atoms with Crippen molar-refractivity contribution < 1.29 is 18.0 Å². The molecule has 0 aliphatic carbocycles. The normalized spacial score (nSPS) is 11.8. The van der Waals surface area contributed by atoms with Crippen LogP contribution in [0.2, 0.25) is 0 Å². The molecule has 110 valence electrons. The molecule has 5 heteroatoms. The smallest absolute Gasteiger partial charge is 0.391 e. The van der Waals surface area contributed by atoms with Gasteiger partial charge in [0, 0.05) is 6.21 Å². The zero-order chi connectivity index (χ0) is 15.3. The summed E-state index contributed by atoms with van der Waals surface area (Å²) in [4.78, 5) is 4.88. The molecule has 0 bridgehead atoms. The van der Waals surface area contributed by atoms with Gasteiger partial charge in [-0.25, -0.2) is 0 Å². The van der Waals surface area contributed by atoms with Crippen molar-refractivity contribution in [3.05, 3.63) is 59.7 Å². The third-order valence-corrected chi connectivity index (χ3v) is 2.89. The van der Waals surface area contributed by atoms with Crippen LogP contribution in [0, 0.1) is 0 Å². The predicted octanol–water partition coefficient (Wildman–Crippen LogP) is 4.89. The van der Waals surface area contributed by atoms with Crippen LogP contribution in [0.1, 0.15) is 18.1 Å². The van der Waals surface area contributed by atoms with E-state index in [9.17, 15) is 13.2 Å². The maximum absolute atomic E-state index is 13.2. The van der Waals surface area contributed by atoms with Gasteiger partial charge in [0.2, 0.25) is 0 Å². The van der Waals surface area contributed by atoms with Crippen molar-refractivity contribution in [2.24, 2.45) is 5.16 Å². The quantitative estimate of drug-likeness (QED) is 0.580. The van der Waals surface area contributed by atoms with Gasteiger partial charge in [-0.1, -0.05) is 47.6 Å². The minimum absolute atomic E-state index is 0.00247. The molecule has 0 aromatic heterocycles. The second-order valence-corrected chi connectivity index (χ2v) is 4.38. The molecule has 0 fully saturated rings. The molecule has 0 radical (unpaired) electrons. The Balaban J connectivity index is 2.42. The minimum Gasteiger partial charge on any atom is -0.391 e. The van der Waals surface area contributed by atoms with Gasteiger partial charge in [-0.15, -0.1) is 0 Å². The van der Waals surface area contributed by atoms with E-state index >= 15 is 0 Å². The maximum Gasteiger partial charge on any atom is 0.417 e. The molecule has 21 heavy (non-hydrogen) atoms. The van der Waals surface area contributed by atoms with Crippen LogP contribution in [-0.2, 0) is 17.6 Å². The first-order chi connectivity index (χ1) is 10.0. The topological polar surface area (TPSA) is 21.6 Å². The zero-order valence-corrected chi connectivity index (χ0v) is 11.4. The lowest BCUT2D eigenvalue weighted by Crippen LogP contribution is -2.08. The Kier molecular flexibility index (Phi) is 4.62. The standard InChI is InChI=1S/C16H14F3NO/c1-2-20-21-11-12-8-9-14(13-6-4-3-5-7-13)15(10-12)16(17,18)19/h2-10H,11H2,1H3. The molecule has 0 aliphatic heterocycles. The number of hydrogen-bond acceptors (Lipinski definition) is 2. The van der Waals surface area contributed by atoms with Crippen molar-refractivity contribution in [3.8, 4) is 11.1 Å². The third kappa shape index (κ3) is 3.84. The first-order valence-electron chi connectivity index (χ1n) is 6.38. The van der Waals surface area contributed by atoms with Crippen molar-refractivity contribution in [1.82, 2.24) is 0 Å². The van der Waals surface area contributed by atoms with Gasteiger partial charge >= 0.3 is 6.18 Å². The monoisotopic (exact) mass is 293 g/mol. The highest BCUT2D eigenvalue weighted by Gasteiger charge is 2.33. The van der Waals surface area contributed by atoms with Gasteiger partial charge in [0.1, 0.15) is 6.61 Å². The maximum atomic E-state index is 13.2. The lowest BCUT2D eigenvalue weighted by Gasteiger charge is -2.14. The third-order valence-electron chi connectivity index (χ3n) is 2.89. The molecule has 2 aromatic rings. The molecule has 0 spiro atoms. The fourth-order valence-electron chi connectivity index (χ4n) is 1.97. The van der Waals surface area contributed by atoms with Gasteiger partial charge in [0.25, 0.3) is 0 Å². The van der Waals surface area contributed by atoms with Crippen LogP contribution in [0.3, 0.4) is 0 Å². The molecule has 0 heterocycles. The van der Waals surface area contributed by atoms with Crippen molar-refractivity contribution in [2.75, 3.05) is 0 Å². The number of rotatable bonds is 4. The second kappa shape index (κ2) is 6.43. The summed E-state index contributed by atoms with van der Waals surface area (Å²) in [5.74, 6) is 0. The van der Waals surface area contributed by atoms with E-state index in [0.717, 1.165) is 6.07 Å². The minimum atomic E-state index is -4.42. The lowest BCUT2D eigenvalue weighted by molar-refractivity contribution is -0.137. The second-order valence-electron chi connectivity index (χ2n) is 4.38. The highest BCUT2D eigenvalue weighted by molar-refractivity contribution is 5.68. The van der Waals surface area contributed by atoms with Crippen LogP contribution in [0.15, 0.2) is 53.7 Å². The van der Waals surface area contributed by atoms with Gasteiger partial charge < -0.3 is 4.84 Å². The van der Waals surface area contributed by atoms with E-state index in [4.69, 9.17) is 4.84 Å². The van der Waals surface area contributed by atoms with Crippen LogP contribution < -0.4 is 0 Å². The van der Waals surface area contributed by atoms with Gasteiger partial charge in [-0.3, -0.25) is 0 Å². The molecule has 0 amide bonds. The molecular formula is C16H14F3NO. The van der Waals surface area contributed by atoms with Gasteiger partial charge in [0.05, 0.1) is 5.56 Å². The van der Waals surface area contributed by atoms with Crippen LogP contribution in [-0.4, -0.2) is 6.21 Å². The SMILES string of the molecule is CC=NOCc1ccc(-c2ccccc2)c(C(F)(F)F)c1. The molecular weight excluding hydrogens is 279 g/mol. The summed E-state index contributed by atoms with van der Waals surface area (Å²) in [7, 11) is 0. The van der Waals surface area contributed by atoms with Crippen molar-refractivity contribution >= 4 is 6.21 Å². The van der Waals surface area contributed by atoms with E-state index in [2.05, 4.69) is 5.16 Å². The predicted molar refractivity (Wildman–Crippen MR) is 75.8 cm³/mol. The first kappa shape index (κ1) is 15.1. The average Bonchev–Trinajstić information content (AvgIpc) is 2.47. The Hall–Kier alpha value is -2.30. The van der Waals surface area contributed by atoms with Crippen LogP contribution >= 0.6 is 0 Å². The van der Waals surface area contributed by atoms with Gasteiger partial charge in [0.15, 0.2) is 0 Å². The summed E-state index contributed by atoms with van der Waals surface area (Å²) < 4.78 is 39.7.